The Morgan fingerprint density at radius 3 is 2.61 bits per heavy atom. The highest BCUT2D eigenvalue weighted by Crippen LogP contribution is 2.46. The highest BCUT2D eigenvalue weighted by molar-refractivity contribution is 7.13. The number of ether oxygens (including phenoxy) is 3. The van der Waals surface area contributed by atoms with E-state index in [0.717, 1.165) is 30.7 Å². The number of esters is 1. The van der Waals surface area contributed by atoms with Crippen LogP contribution in [0, 0.1) is 6.92 Å². The van der Waals surface area contributed by atoms with Crippen LogP contribution >= 0.6 is 11.3 Å². The number of thiazole rings is 1. The molecule has 1 aliphatic carbocycles. The zero-order chi connectivity index (χ0) is 20.5. The van der Waals surface area contributed by atoms with Gasteiger partial charge < -0.3 is 19.1 Å². The molecule has 156 valence electrons. The SMILES string of the molecule is CCOC(=O)c1sc(C)nc1OC1CCN(C(=O)OC(C)(C)C)C2(CCC2)C1. The minimum Gasteiger partial charge on any atom is -0.473 e. The molecule has 1 saturated heterocycles. The minimum atomic E-state index is -0.512. The minimum absolute atomic E-state index is 0.0892. The number of aryl methyl sites for hydroxylation is 1. The third kappa shape index (κ3) is 4.42. The van der Waals surface area contributed by atoms with E-state index >= 15 is 0 Å². The van der Waals surface area contributed by atoms with Crippen LogP contribution in [-0.4, -0.2) is 52.3 Å². The Hall–Kier alpha value is -1.83. The lowest BCUT2D eigenvalue weighted by Gasteiger charge is -2.54. The molecule has 1 aromatic rings. The Labute approximate surface area is 170 Å². The predicted molar refractivity (Wildman–Crippen MR) is 106 cm³/mol. The molecule has 7 nitrogen and oxygen atoms in total. The summed E-state index contributed by atoms with van der Waals surface area (Å²) in [5, 5.41) is 0.766. The highest BCUT2D eigenvalue weighted by atomic mass is 32.1. The molecular weight excluding hydrogens is 380 g/mol. The number of carbonyl (C=O) groups is 2. The summed E-state index contributed by atoms with van der Waals surface area (Å²) in [4.78, 5) is 31.6. The summed E-state index contributed by atoms with van der Waals surface area (Å²) in [5.41, 5.74) is -0.720. The predicted octanol–water partition coefficient (Wildman–Crippen LogP) is 4.33. The Morgan fingerprint density at radius 1 is 1.32 bits per heavy atom. The molecule has 0 N–H and O–H groups in total. The Kier molecular flexibility index (Phi) is 5.89. The van der Waals surface area contributed by atoms with Crippen LogP contribution in [0.5, 0.6) is 5.88 Å². The number of amides is 1. The lowest BCUT2D eigenvalue weighted by atomic mass is 9.69. The molecule has 0 radical (unpaired) electrons. The zero-order valence-electron chi connectivity index (χ0n) is 17.4. The van der Waals surface area contributed by atoms with Crippen molar-refractivity contribution in [3.8, 4) is 5.88 Å². The number of rotatable bonds is 4. The monoisotopic (exact) mass is 410 g/mol. The zero-order valence-corrected chi connectivity index (χ0v) is 18.2. The third-order valence-corrected chi connectivity index (χ3v) is 6.13. The van der Waals surface area contributed by atoms with Gasteiger partial charge in [-0.15, -0.1) is 11.3 Å². The summed E-state index contributed by atoms with van der Waals surface area (Å²) < 4.78 is 16.9. The number of hydrogen-bond donors (Lipinski definition) is 0. The van der Waals surface area contributed by atoms with Gasteiger partial charge in [0.2, 0.25) is 5.88 Å². The first-order chi connectivity index (χ1) is 13.1. The van der Waals surface area contributed by atoms with Crippen LogP contribution in [0.25, 0.3) is 0 Å². The van der Waals surface area contributed by atoms with Crippen molar-refractivity contribution in [2.45, 2.75) is 84.0 Å². The number of carbonyl (C=O) groups excluding carboxylic acids is 2. The van der Waals surface area contributed by atoms with Gasteiger partial charge in [0.1, 0.15) is 11.7 Å². The molecule has 28 heavy (non-hydrogen) atoms. The lowest BCUT2D eigenvalue weighted by molar-refractivity contribution is -0.0680. The van der Waals surface area contributed by atoms with E-state index in [1.807, 2.05) is 32.6 Å². The maximum Gasteiger partial charge on any atom is 0.410 e. The van der Waals surface area contributed by atoms with Gasteiger partial charge in [-0.2, -0.15) is 0 Å². The fourth-order valence-electron chi connectivity index (χ4n) is 3.88. The fourth-order valence-corrected chi connectivity index (χ4v) is 4.63. The van der Waals surface area contributed by atoms with Crippen LogP contribution in [0.3, 0.4) is 0 Å². The number of likely N-dealkylation sites (tertiary alicyclic amines) is 1. The van der Waals surface area contributed by atoms with E-state index in [9.17, 15) is 9.59 Å². The van der Waals surface area contributed by atoms with Gasteiger partial charge in [-0.05, 0) is 53.9 Å². The van der Waals surface area contributed by atoms with Gasteiger partial charge in [0.25, 0.3) is 0 Å². The molecule has 1 amide bonds. The summed E-state index contributed by atoms with van der Waals surface area (Å²) in [6, 6.07) is 0. The molecule has 1 aromatic heterocycles. The molecule has 1 saturated carbocycles. The average molecular weight is 411 g/mol. The second-order valence-corrected chi connectivity index (χ2v) is 9.73. The number of aromatic nitrogens is 1. The average Bonchev–Trinajstić information content (AvgIpc) is 2.92. The second-order valence-electron chi connectivity index (χ2n) is 8.53. The van der Waals surface area contributed by atoms with Crippen LogP contribution < -0.4 is 4.74 Å². The number of piperidine rings is 1. The van der Waals surface area contributed by atoms with Gasteiger partial charge in [-0.3, -0.25) is 0 Å². The summed E-state index contributed by atoms with van der Waals surface area (Å²) in [5.74, 6) is -0.0428. The first-order valence-corrected chi connectivity index (χ1v) is 10.8. The Balaban J connectivity index is 1.71. The summed E-state index contributed by atoms with van der Waals surface area (Å²) in [7, 11) is 0. The van der Waals surface area contributed by atoms with E-state index in [1.54, 1.807) is 6.92 Å². The Morgan fingerprint density at radius 2 is 2.04 bits per heavy atom. The fraction of sp³-hybridized carbons (Fsp3) is 0.750. The molecule has 8 heteroatoms. The number of hydrogen-bond acceptors (Lipinski definition) is 7. The van der Waals surface area contributed by atoms with E-state index in [1.165, 1.54) is 11.3 Å². The van der Waals surface area contributed by atoms with Crippen molar-refractivity contribution in [2.75, 3.05) is 13.2 Å². The van der Waals surface area contributed by atoms with Crippen LogP contribution in [0.4, 0.5) is 4.79 Å². The maximum absolute atomic E-state index is 12.7. The Bertz CT molecular complexity index is 735. The molecule has 0 aromatic carbocycles. The van der Waals surface area contributed by atoms with E-state index in [4.69, 9.17) is 14.2 Å². The first kappa shape index (κ1) is 20.9. The maximum atomic E-state index is 12.7. The molecular formula is C20H30N2O5S. The van der Waals surface area contributed by atoms with Crippen LogP contribution in [-0.2, 0) is 9.47 Å². The largest absolute Gasteiger partial charge is 0.473 e. The van der Waals surface area contributed by atoms with E-state index in [2.05, 4.69) is 4.98 Å². The molecule has 2 aliphatic rings. The van der Waals surface area contributed by atoms with Crippen molar-refractivity contribution >= 4 is 23.4 Å². The summed E-state index contributed by atoms with van der Waals surface area (Å²) >= 11 is 1.29. The quantitative estimate of drug-likeness (QED) is 0.688. The molecule has 1 aliphatic heterocycles. The van der Waals surface area contributed by atoms with Crippen LogP contribution in [0.15, 0.2) is 0 Å². The molecule has 2 heterocycles. The topological polar surface area (TPSA) is 78.0 Å². The summed E-state index contributed by atoms with van der Waals surface area (Å²) in [6.07, 6.45) is 4.07. The van der Waals surface area contributed by atoms with Crippen molar-refractivity contribution in [3.63, 3.8) is 0 Å². The van der Waals surface area contributed by atoms with Gasteiger partial charge in [0.15, 0.2) is 4.88 Å². The van der Waals surface area contributed by atoms with Crippen molar-refractivity contribution in [1.29, 1.82) is 0 Å². The molecule has 1 unspecified atom stereocenters. The van der Waals surface area contributed by atoms with Gasteiger partial charge in [0, 0.05) is 24.9 Å². The van der Waals surface area contributed by atoms with Gasteiger partial charge in [0.05, 0.1) is 11.6 Å². The summed E-state index contributed by atoms with van der Waals surface area (Å²) in [6.45, 7) is 10.2. The van der Waals surface area contributed by atoms with Crippen molar-refractivity contribution in [3.05, 3.63) is 9.88 Å². The van der Waals surface area contributed by atoms with Crippen molar-refractivity contribution < 1.29 is 23.8 Å². The normalized spacial score (nSPS) is 21.2. The smallest absolute Gasteiger partial charge is 0.410 e. The van der Waals surface area contributed by atoms with E-state index in [-0.39, 0.29) is 17.7 Å². The van der Waals surface area contributed by atoms with Gasteiger partial charge in [-0.25, -0.2) is 14.6 Å². The van der Waals surface area contributed by atoms with Gasteiger partial charge >= 0.3 is 12.1 Å². The van der Waals surface area contributed by atoms with Crippen molar-refractivity contribution in [2.24, 2.45) is 0 Å². The molecule has 0 bridgehead atoms. The molecule has 1 atom stereocenters. The van der Waals surface area contributed by atoms with Crippen LogP contribution in [0.2, 0.25) is 0 Å². The molecule has 3 rings (SSSR count). The standard InChI is InChI=1S/C20H30N2O5S/c1-6-25-17(23)15-16(21-13(2)28-15)26-14-8-11-22(18(24)27-19(3,4)5)20(12-14)9-7-10-20/h14H,6-12H2,1-5H3. The first-order valence-electron chi connectivity index (χ1n) is 9.95. The van der Waals surface area contributed by atoms with Crippen molar-refractivity contribution in [1.82, 2.24) is 9.88 Å². The van der Waals surface area contributed by atoms with Crippen LogP contribution in [0.1, 0.15) is 74.5 Å². The molecule has 1 spiro atoms. The molecule has 2 fully saturated rings. The lowest BCUT2D eigenvalue weighted by Crippen LogP contribution is -2.62. The third-order valence-electron chi connectivity index (χ3n) is 5.20. The van der Waals surface area contributed by atoms with Gasteiger partial charge in [-0.1, -0.05) is 0 Å². The van der Waals surface area contributed by atoms with E-state index < -0.39 is 11.6 Å². The second kappa shape index (κ2) is 7.89. The van der Waals surface area contributed by atoms with E-state index in [0.29, 0.717) is 30.3 Å². The highest BCUT2D eigenvalue weighted by Gasteiger charge is 2.50. The number of nitrogens with zero attached hydrogens (tertiary/aromatic N) is 2.